The van der Waals surface area contributed by atoms with Gasteiger partial charge in [0.1, 0.15) is 5.82 Å². The van der Waals surface area contributed by atoms with E-state index in [0.717, 1.165) is 10.5 Å². The van der Waals surface area contributed by atoms with Crippen LogP contribution < -0.4 is 5.32 Å². The molecular formula is C16H16FNO2S. The lowest BCUT2D eigenvalue weighted by Crippen LogP contribution is -2.25. The third kappa shape index (κ3) is 4.88. The quantitative estimate of drug-likeness (QED) is 0.807. The van der Waals surface area contributed by atoms with Gasteiger partial charge in [-0.1, -0.05) is 30.3 Å². The fourth-order valence-electron chi connectivity index (χ4n) is 1.73. The summed E-state index contributed by atoms with van der Waals surface area (Å²) in [5.41, 5.74) is 1.31. The molecule has 0 heterocycles. The van der Waals surface area contributed by atoms with Gasteiger partial charge in [-0.15, -0.1) is 11.8 Å². The number of carbonyl (C=O) groups excluding carboxylic acids is 1. The zero-order valence-electron chi connectivity index (χ0n) is 11.4. The van der Waals surface area contributed by atoms with Crippen molar-refractivity contribution in [3.8, 4) is 0 Å². The smallest absolute Gasteiger partial charge is 0.230 e. The highest BCUT2D eigenvalue weighted by Gasteiger charge is 2.05. The molecule has 0 aliphatic carbocycles. The molecule has 110 valence electrons. The molecule has 0 bridgehead atoms. The Morgan fingerprint density at radius 1 is 1.14 bits per heavy atom. The summed E-state index contributed by atoms with van der Waals surface area (Å²) in [4.78, 5) is 12.7. The highest BCUT2D eigenvalue weighted by Crippen LogP contribution is 2.18. The highest BCUT2D eigenvalue weighted by atomic mass is 32.2. The average Bonchev–Trinajstić information content (AvgIpc) is 2.52. The van der Waals surface area contributed by atoms with Crippen molar-refractivity contribution in [3.63, 3.8) is 0 Å². The maximum absolute atomic E-state index is 13.4. The Bertz CT molecular complexity index is 601. The minimum atomic E-state index is -0.315. The Morgan fingerprint density at radius 2 is 1.86 bits per heavy atom. The van der Waals surface area contributed by atoms with Crippen LogP contribution in [0.25, 0.3) is 0 Å². The molecule has 1 amide bonds. The van der Waals surface area contributed by atoms with Crippen LogP contribution in [0, 0.1) is 5.82 Å². The Kier molecular flexibility index (Phi) is 5.78. The second-order valence-corrected chi connectivity index (χ2v) is 5.51. The summed E-state index contributed by atoms with van der Waals surface area (Å²) in [6.45, 7) is 0.198. The number of halogens is 1. The molecule has 0 aliphatic rings. The number of aliphatic hydroxyl groups excluding tert-OH is 1. The van der Waals surface area contributed by atoms with E-state index in [4.69, 9.17) is 5.11 Å². The molecule has 0 unspecified atom stereocenters. The van der Waals surface area contributed by atoms with Crippen LogP contribution >= 0.6 is 11.8 Å². The number of rotatable bonds is 6. The van der Waals surface area contributed by atoms with Gasteiger partial charge in [0, 0.05) is 17.0 Å². The molecule has 0 saturated carbocycles. The molecule has 21 heavy (non-hydrogen) atoms. The largest absolute Gasteiger partial charge is 0.392 e. The van der Waals surface area contributed by atoms with Crippen molar-refractivity contribution in [3.05, 3.63) is 65.5 Å². The van der Waals surface area contributed by atoms with E-state index in [1.54, 1.807) is 18.2 Å². The van der Waals surface area contributed by atoms with Crippen LogP contribution in [0.4, 0.5) is 4.39 Å². The Morgan fingerprint density at radius 3 is 2.52 bits per heavy atom. The second-order valence-electron chi connectivity index (χ2n) is 4.46. The third-order valence-corrected chi connectivity index (χ3v) is 3.92. The van der Waals surface area contributed by atoms with Crippen LogP contribution in [0.15, 0.2) is 53.4 Å². The van der Waals surface area contributed by atoms with Crippen molar-refractivity contribution < 1.29 is 14.3 Å². The first-order valence-electron chi connectivity index (χ1n) is 6.52. The van der Waals surface area contributed by atoms with Crippen LogP contribution in [0.5, 0.6) is 0 Å². The van der Waals surface area contributed by atoms with Crippen molar-refractivity contribution in [2.45, 2.75) is 18.0 Å². The minimum absolute atomic E-state index is 0.00801. The number of hydrogen-bond acceptors (Lipinski definition) is 3. The number of carbonyl (C=O) groups is 1. The van der Waals surface area contributed by atoms with E-state index in [1.807, 2.05) is 24.3 Å². The lowest BCUT2D eigenvalue weighted by atomic mass is 10.2. The fraction of sp³-hybridized carbons (Fsp3) is 0.188. The molecule has 2 aromatic rings. The van der Waals surface area contributed by atoms with Gasteiger partial charge < -0.3 is 10.4 Å². The summed E-state index contributed by atoms with van der Waals surface area (Å²) in [5, 5.41) is 11.6. The molecule has 0 radical (unpaired) electrons. The van der Waals surface area contributed by atoms with E-state index in [0.29, 0.717) is 5.56 Å². The van der Waals surface area contributed by atoms with Crippen molar-refractivity contribution in [2.75, 3.05) is 5.75 Å². The fourth-order valence-corrected chi connectivity index (χ4v) is 2.45. The van der Waals surface area contributed by atoms with Gasteiger partial charge in [0.2, 0.25) is 5.91 Å². The van der Waals surface area contributed by atoms with Gasteiger partial charge in [-0.05, 0) is 23.8 Å². The first-order valence-corrected chi connectivity index (χ1v) is 7.50. The van der Waals surface area contributed by atoms with Crippen molar-refractivity contribution in [1.82, 2.24) is 5.32 Å². The molecule has 0 saturated heterocycles. The number of aliphatic hydroxyl groups is 1. The molecular weight excluding hydrogens is 289 g/mol. The second kappa shape index (κ2) is 7.81. The average molecular weight is 305 g/mol. The number of nitrogens with one attached hydrogen (secondary N) is 1. The van der Waals surface area contributed by atoms with E-state index in [1.165, 1.54) is 17.8 Å². The van der Waals surface area contributed by atoms with Gasteiger partial charge in [-0.25, -0.2) is 4.39 Å². The molecule has 5 heteroatoms. The zero-order valence-corrected chi connectivity index (χ0v) is 12.2. The van der Waals surface area contributed by atoms with E-state index in [9.17, 15) is 9.18 Å². The van der Waals surface area contributed by atoms with Crippen LogP contribution in [-0.2, 0) is 17.9 Å². The highest BCUT2D eigenvalue weighted by molar-refractivity contribution is 8.00. The van der Waals surface area contributed by atoms with Gasteiger partial charge in [-0.3, -0.25) is 4.79 Å². The summed E-state index contributed by atoms with van der Waals surface area (Å²) in [7, 11) is 0. The molecule has 0 atom stereocenters. The standard InChI is InChI=1S/C16H16FNO2S/c17-15-4-2-1-3-13(15)9-18-16(20)11-21-14-7-5-12(10-19)6-8-14/h1-8,19H,9-11H2,(H,18,20). The minimum Gasteiger partial charge on any atom is -0.392 e. The van der Waals surface area contributed by atoms with E-state index >= 15 is 0 Å². The summed E-state index contributed by atoms with van der Waals surface area (Å²) < 4.78 is 13.4. The van der Waals surface area contributed by atoms with Gasteiger partial charge in [0.25, 0.3) is 0 Å². The maximum Gasteiger partial charge on any atom is 0.230 e. The molecule has 2 aromatic carbocycles. The molecule has 2 rings (SSSR count). The molecule has 2 N–H and O–H groups in total. The van der Waals surface area contributed by atoms with E-state index < -0.39 is 0 Å². The van der Waals surface area contributed by atoms with Crippen molar-refractivity contribution >= 4 is 17.7 Å². The topological polar surface area (TPSA) is 49.3 Å². The van der Waals surface area contributed by atoms with Gasteiger partial charge in [0.15, 0.2) is 0 Å². The van der Waals surface area contributed by atoms with Crippen LogP contribution in [0.2, 0.25) is 0 Å². The first-order chi connectivity index (χ1) is 10.2. The summed E-state index contributed by atoms with van der Waals surface area (Å²) in [5.74, 6) is -0.188. The molecule has 0 spiro atoms. The van der Waals surface area contributed by atoms with Crippen molar-refractivity contribution in [2.24, 2.45) is 0 Å². The summed E-state index contributed by atoms with van der Waals surface area (Å²) in [6.07, 6.45) is 0. The number of amides is 1. The van der Waals surface area contributed by atoms with Gasteiger partial charge >= 0.3 is 0 Å². The monoisotopic (exact) mass is 305 g/mol. The number of benzene rings is 2. The predicted octanol–water partition coefficient (Wildman–Crippen LogP) is 2.73. The Balaban J connectivity index is 1.78. The SMILES string of the molecule is O=C(CSc1ccc(CO)cc1)NCc1ccccc1F. The predicted molar refractivity (Wildman–Crippen MR) is 81.3 cm³/mol. The Labute approximate surface area is 127 Å². The van der Waals surface area contributed by atoms with Crippen LogP contribution in [-0.4, -0.2) is 16.8 Å². The third-order valence-electron chi connectivity index (χ3n) is 2.91. The van der Waals surface area contributed by atoms with Gasteiger partial charge in [0.05, 0.1) is 12.4 Å². The lowest BCUT2D eigenvalue weighted by Gasteiger charge is -2.06. The maximum atomic E-state index is 13.4. The summed E-state index contributed by atoms with van der Waals surface area (Å²) in [6, 6.07) is 13.7. The lowest BCUT2D eigenvalue weighted by molar-refractivity contribution is -0.118. The number of thioether (sulfide) groups is 1. The normalized spacial score (nSPS) is 10.4. The Hall–Kier alpha value is -1.85. The molecule has 3 nitrogen and oxygen atoms in total. The van der Waals surface area contributed by atoms with Crippen LogP contribution in [0.3, 0.4) is 0 Å². The summed E-state index contributed by atoms with van der Waals surface area (Å²) >= 11 is 1.40. The van der Waals surface area contributed by atoms with E-state index in [-0.39, 0.29) is 30.6 Å². The number of hydrogen-bond donors (Lipinski definition) is 2. The molecule has 0 aromatic heterocycles. The first kappa shape index (κ1) is 15.5. The van der Waals surface area contributed by atoms with Crippen LogP contribution in [0.1, 0.15) is 11.1 Å². The molecule has 0 fully saturated rings. The van der Waals surface area contributed by atoms with Crippen molar-refractivity contribution in [1.29, 1.82) is 0 Å². The van der Waals surface area contributed by atoms with E-state index in [2.05, 4.69) is 5.32 Å². The molecule has 0 aliphatic heterocycles. The van der Waals surface area contributed by atoms with Gasteiger partial charge in [-0.2, -0.15) is 0 Å². The zero-order chi connectivity index (χ0) is 15.1.